The highest BCUT2D eigenvalue weighted by atomic mass is 79.9. The third-order valence-corrected chi connectivity index (χ3v) is 4.25. The average Bonchev–Trinajstić information content (AvgIpc) is 2.47. The summed E-state index contributed by atoms with van der Waals surface area (Å²) >= 11 is 10.5. The van der Waals surface area contributed by atoms with Crippen LogP contribution in [-0.2, 0) is 9.53 Å². The maximum Gasteiger partial charge on any atom is 0.307 e. The SMILES string of the molecule is COC(=O)C[C@@H](N)c1cc(Br)c(Cl)s1. The minimum Gasteiger partial charge on any atom is -0.469 e. The van der Waals surface area contributed by atoms with Crippen molar-refractivity contribution in [3.8, 4) is 0 Å². The van der Waals surface area contributed by atoms with Gasteiger partial charge < -0.3 is 10.5 Å². The molecule has 0 radical (unpaired) electrons. The van der Waals surface area contributed by atoms with Gasteiger partial charge in [-0.2, -0.15) is 0 Å². The van der Waals surface area contributed by atoms with Gasteiger partial charge in [-0.05, 0) is 22.0 Å². The van der Waals surface area contributed by atoms with E-state index in [-0.39, 0.29) is 18.4 Å². The number of carbonyl (C=O) groups excluding carboxylic acids is 1. The van der Waals surface area contributed by atoms with Gasteiger partial charge in [0.2, 0.25) is 0 Å². The summed E-state index contributed by atoms with van der Waals surface area (Å²) in [5.41, 5.74) is 5.78. The minimum absolute atomic E-state index is 0.166. The van der Waals surface area contributed by atoms with Crippen LogP contribution in [0.1, 0.15) is 17.3 Å². The summed E-state index contributed by atoms with van der Waals surface area (Å²) in [4.78, 5) is 11.8. The molecule has 1 heterocycles. The first-order valence-corrected chi connectivity index (χ1v) is 5.80. The van der Waals surface area contributed by atoms with Gasteiger partial charge in [-0.1, -0.05) is 11.6 Å². The van der Waals surface area contributed by atoms with Gasteiger partial charge in [0.1, 0.15) is 4.34 Å². The number of nitrogens with two attached hydrogens (primary N) is 1. The molecule has 78 valence electrons. The zero-order chi connectivity index (χ0) is 10.7. The Morgan fingerprint density at radius 1 is 1.86 bits per heavy atom. The van der Waals surface area contributed by atoms with Gasteiger partial charge in [0.15, 0.2) is 0 Å². The molecule has 0 aliphatic carbocycles. The zero-order valence-electron chi connectivity index (χ0n) is 7.42. The molecule has 6 heteroatoms. The Hall–Kier alpha value is -0.100. The summed E-state index contributed by atoms with van der Waals surface area (Å²) in [7, 11) is 1.34. The van der Waals surface area contributed by atoms with Gasteiger partial charge in [-0.3, -0.25) is 4.79 Å². The lowest BCUT2D eigenvalue weighted by Crippen LogP contribution is -2.15. The number of esters is 1. The van der Waals surface area contributed by atoms with Crippen molar-refractivity contribution >= 4 is 44.8 Å². The Morgan fingerprint density at radius 3 is 2.93 bits per heavy atom. The van der Waals surface area contributed by atoms with E-state index in [0.717, 1.165) is 9.35 Å². The summed E-state index contributed by atoms with van der Waals surface area (Å²) in [6.45, 7) is 0. The molecular formula is C8H9BrClNO2S. The summed E-state index contributed by atoms with van der Waals surface area (Å²) in [6.07, 6.45) is 0.166. The number of hydrogen-bond acceptors (Lipinski definition) is 4. The molecule has 0 amide bonds. The van der Waals surface area contributed by atoms with Crippen molar-refractivity contribution < 1.29 is 9.53 Å². The van der Waals surface area contributed by atoms with E-state index < -0.39 is 0 Å². The van der Waals surface area contributed by atoms with E-state index in [1.807, 2.05) is 6.07 Å². The second-order valence-electron chi connectivity index (χ2n) is 2.66. The van der Waals surface area contributed by atoms with E-state index in [2.05, 4.69) is 20.7 Å². The van der Waals surface area contributed by atoms with Gasteiger partial charge in [0, 0.05) is 15.4 Å². The monoisotopic (exact) mass is 297 g/mol. The van der Waals surface area contributed by atoms with Gasteiger partial charge in [0.05, 0.1) is 13.5 Å². The number of hydrogen-bond donors (Lipinski definition) is 1. The molecule has 14 heavy (non-hydrogen) atoms. The second-order valence-corrected chi connectivity index (χ2v) is 5.20. The first-order valence-electron chi connectivity index (χ1n) is 3.81. The molecule has 0 aliphatic heterocycles. The molecule has 3 nitrogen and oxygen atoms in total. The zero-order valence-corrected chi connectivity index (χ0v) is 10.6. The number of rotatable bonds is 3. The highest BCUT2D eigenvalue weighted by molar-refractivity contribution is 9.10. The molecule has 0 saturated carbocycles. The lowest BCUT2D eigenvalue weighted by atomic mass is 10.2. The van der Waals surface area contributed by atoms with Crippen molar-refractivity contribution in [1.82, 2.24) is 0 Å². The topological polar surface area (TPSA) is 52.3 Å². The molecular weight excluding hydrogens is 290 g/mol. The number of carbonyl (C=O) groups is 1. The van der Waals surface area contributed by atoms with Crippen LogP contribution in [-0.4, -0.2) is 13.1 Å². The summed E-state index contributed by atoms with van der Waals surface area (Å²) < 4.78 is 5.96. The van der Waals surface area contributed by atoms with Crippen LogP contribution >= 0.6 is 38.9 Å². The average molecular weight is 299 g/mol. The lowest BCUT2D eigenvalue weighted by molar-refractivity contribution is -0.141. The first kappa shape index (κ1) is 12.0. The largest absolute Gasteiger partial charge is 0.469 e. The first-order chi connectivity index (χ1) is 6.54. The Bertz CT molecular complexity index is 323. The van der Waals surface area contributed by atoms with Crippen LogP contribution < -0.4 is 5.73 Å². The minimum atomic E-state index is -0.351. The molecule has 1 atom stereocenters. The third kappa shape index (κ3) is 2.95. The maximum absolute atomic E-state index is 10.9. The van der Waals surface area contributed by atoms with Crippen molar-refractivity contribution in [3.05, 3.63) is 19.8 Å². The Labute approximate surface area is 99.3 Å². The van der Waals surface area contributed by atoms with Gasteiger partial charge in [0.25, 0.3) is 0 Å². The molecule has 1 aromatic rings. The van der Waals surface area contributed by atoms with Crippen molar-refractivity contribution in [1.29, 1.82) is 0 Å². The van der Waals surface area contributed by atoms with E-state index in [4.69, 9.17) is 17.3 Å². The van der Waals surface area contributed by atoms with E-state index >= 15 is 0 Å². The normalized spacial score (nSPS) is 12.6. The molecule has 0 aliphatic rings. The van der Waals surface area contributed by atoms with E-state index in [1.165, 1.54) is 18.4 Å². The quantitative estimate of drug-likeness (QED) is 0.873. The Kier molecular flexibility index (Phi) is 4.37. The highest BCUT2D eigenvalue weighted by Crippen LogP contribution is 2.35. The van der Waals surface area contributed by atoms with Gasteiger partial charge in [-0.25, -0.2) is 0 Å². The molecule has 1 aromatic heterocycles. The third-order valence-electron chi connectivity index (χ3n) is 1.64. The van der Waals surface area contributed by atoms with E-state index in [9.17, 15) is 4.79 Å². The highest BCUT2D eigenvalue weighted by Gasteiger charge is 2.15. The number of halogens is 2. The molecule has 0 aromatic carbocycles. The smallest absolute Gasteiger partial charge is 0.307 e. The van der Waals surface area contributed by atoms with Crippen LogP contribution in [0, 0.1) is 0 Å². The molecule has 0 bridgehead atoms. The van der Waals surface area contributed by atoms with Crippen LogP contribution in [0.25, 0.3) is 0 Å². The van der Waals surface area contributed by atoms with Crippen LogP contribution in [0.2, 0.25) is 4.34 Å². The van der Waals surface area contributed by atoms with Gasteiger partial charge >= 0.3 is 5.97 Å². The fourth-order valence-corrected chi connectivity index (χ4v) is 2.65. The van der Waals surface area contributed by atoms with Crippen LogP contribution in [0.3, 0.4) is 0 Å². The lowest BCUT2D eigenvalue weighted by Gasteiger charge is -2.06. The number of methoxy groups -OCH3 is 1. The number of ether oxygens (including phenoxy) is 1. The molecule has 0 spiro atoms. The maximum atomic E-state index is 10.9. The molecule has 0 saturated heterocycles. The number of thiophene rings is 1. The predicted octanol–water partition coefficient (Wildman–Crippen LogP) is 2.73. The van der Waals surface area contributed by atoms with E-state index in [0.29, 0.717) is 4.34 Å². The molecule has 1 rings (SSSR count). The van der Waals surface area contributed by atoms with Crippen molar-refractivity contribution in [2.45, 2.75) is 12.5 Å². The second kappa shape index (κ2) is 5.11. The standard InChI is InChI=1S/C8H9BrClNO2S/c1-13-7(12)3-5(11)6-2-4(9)8(10)14-6/h2,5H,3,11H2,1H3/t5-/m1/s1. The van der Waals surface area contributed by atoms with Crippen molar-refractivity contribution in [3.63, 3.8) is 0 Å². The summed E-state index contributed by atoms with van der Waals surface area (Å²) in [6, 6.07) is 1.47. The summed E-state index contributed by atoms with van der Waals surface area (Å²) in [5, 5.41) is 0. The Morgan fingerprint density at radius 2 is 2.50 bits per heavy atom. The summed E-state index contributed by atoms with van der Waals surface area (Å²) in [5.74, 6) is -0.321. The fraction of sp³-hybridized carbons (Fsp3) is 0.375. The van der Waals surface area contributed by atoms with Crippen LogP contribution in [0.5, 0.6) is 0 Å². The van der Waals surface area contributed by atoms with Crippen LogP contribution in [0.4, 0.5) is 0 Å². The van der Waals surface area contributed by atoms with E-state index in [1.54, 1.807) is 0 Å². The van der Waals surface area contributed by atoms with Crippen molar-refractivity contribution in [2.24, 2.45) is 5.73 Å². The van der Waals surface area contributed by atoms with Crippen LogP contribution in [0.15, 0.2) is 10.5 Å². The van der Waals surface area contributed by atoms with Gasteiger partial charge in [-0.15, -0.1) is 11.3 Å². The molecule has 0 unspecified atom stereocenters. The fourth-order valence-electron chi connectivity index (χ4n) is 0.910. The molecule has 2 N–H and O–H groups in total. The predicted molar refractivity (Wildman–Crippen MR) is 60.6 cm³/mol. The molecule has 0 fully saturated rings. The van der Waals surface area contributed by atoms with Crippen molar-refractivity contribution in [2.75, 3.05) is 7.11 Å². The Balaban J connectivity index is 2.69.